The third-order valence-corrected chi connectivity index (χ3v) is 6.57. The number of nitrogens with one attached hydrogen (secondary N) is 1. The molecule has 1 aliphatic rings. The second-order valence-electron chi connectivity index (χ2n) is 8.07. The predicted octanol–water partition coefficient (Wildman–Crippen LogP) is 4.20. The van der Waals surface area contributed by atoms with Crippen LogP contribution in [0.25, 0.3) is 0 Å². The lowest BCUT2D eigenvalue weighted by Gasteiger charge is -2.34. The van der Waals surface area contributed by atoms with Crippen molar-refractivity contribution < 1.29 is 23.8 Å². The summed E-state index contributed by atoms with van der Waals surface area (Å²) in [5.74, 6) is 0.602. The van der Waals surface area contributed by atoms with Crippen LogP contribution in [0, 0.1) is 0 Å². The number of amides is 2. The van der Waals surface area contributed by atoms with Crippen LogP contribution in [-0.2, 0) is 20.9 Å². The van der Waals surface area contributed by atoms with E-state index in [1.165, 1.54) is 11.3 Å². The number of ether oxygens (including phenoxy) is 3. The van der Waals surface area contributed by atoms with Gasteiger partial charge in [0.2, 0.25) is 12.0 Å². The molecular formula is C27H30N2O5S. The van der Waals surface area contributed by atoms with Crippen LogP contribution in [0.3, 0.4) is 0 Å². The van der Waals surface area contributed by atoms with Crippen molar-refractivity contribution in [2.24, 2.45) is 0 Å². The monoisotopic (exact) mass is 494 g/mol. The maximum atomic E-state index is 13.8. The van der Waals surface area contributed by atoms with Gasteiger partial charge in [0, 0.05) is 31.2 Å². The van der Waals surface area contributed by atoms with E-state index in [2.05, 4.69) is 5.32 Å². The van der Waals surface area contributed by atoms with Gasteiger partial charge in [-0.1, -0.05) is 48.5 Å². The SMILES string of the molecule is CCOCCCN(C(=O)[C@H]1COc2ccccc2O1)[C@H](C(=O)NCc1ccccc1)c1cccs1. The lowest BCUT2D eigenvalue weighted by molar-refractivity contribution is -0.148. The van der Waals surface area contributed by atoms with E-state index in [0.717, 1.165) is 10.4 Å². The summed E-state index contributed by atoms with van der Waals surface area (Å²) in [7, 11) is 0. The molecule has 0 fully saturated rings. The second kappa shape index (κ2) is 12.4. The number of thiophene rings is 1. The number of fused-ring (bicyclic) bond motifs is 1. The molecule has 0 spiro atoms. The normalized spacial score (nSPS) is 15.3. The minimum atomic E-state index is -0.846. The molecule has 2 heterocycles. The third-order valence-electron chi connectivity index (χ3n) is 5.64. The fourth-order valence-corrected chi connectivity index (χ4v) is 4.76. The van der Waals surface area contributed by atoms with Gasteiger partial charge in [-0.05, 0) is 42.5 Å². The van der Waals surface area contributed by atoms with Crippen molar-refractivity contribution in [1.82, 2.24) is 10.2 Å². The second-order valence-corrected chi connectivity index (χ2v) is 9.05. The predicted molar refractivity (Wildman–Crippen MR) is 135 cm³/mol. The molecule has 1 aliphatic heterocycles. The summed E-state index contributed by atoms with van der Waals surface area (Å²) in [6, 6.07) is 20.0. The van der Waals surface area contributed by atoms with Gasteiger partial charge in [-0.25, -0.2) is 0 Å². The number of hydrogen-bond acceptors (Lipinski definition) is 6. The molecule has 0 bridgehead atoms. The van der Waals surface area contributed by atoms with E-state index >= 15 is 0 Å². The van der Waals surface area contributed by atoms with E-state index in [1.807, 2.05) is 66.9 Å². The molecule has 2 atom stereocenters. The molecule has 184 valence electrons. The summed E-state index contributed by atoms with van der Waals surface area (Å²) in [5, 5.41) is 4.92. The summed E-state index contributed by atoms with van der Waals surface area (Å²) in [6.07, 6.45) is -0.251. The molecule has 1 aromatic heterocycles. The fraction of sp³-hybridized carbons (Fsp3) is 0.333. The molecule has 0 unspecified atom stereocenters. The molecule has 2 amide bonds. The Morgan fingerprint density at radius 3 is 2.60 bits per heavy atom. The summed E-state index contributed by atoms with van der Waals surface area (Å²) in [5.41, 5.74) is 0.987. The van der Waals surface area contributed by atoms with Gasteiger partial charge < -0.3 is 24.4 Å². The molecule has 7 nitrogen and oxygen atoms in total. The first kappa shape index (κ1) is 24.8. The van der Waals surface area contributed by atoms with Gasteiger partial charge in [-0.2, -0.15) is 0 Å². The molecular weight excluding hydrogens is 464 g/mol. The number of rotatable bonds is 11. The number of benzene rings is 2. The molecule has 8 heteroatoms. The average molecular weight is 495 g/mol. The molecule has 0 saturated carbocycles. The Balaban J connectivity index is 1.56. The lowest BCUT2D eigenvalue weighted by atomic mass is 10.1. The fourth-order valence-electron chi connectivity index (χ4n) is 3.93. The van der Waals surface area contributed by atoms with Crippen molar-refractivity contribution >= 4 is 23.2 Å². The van der Waals surface area contributed by atoms with E-state index in [0.29, 0.717) is 44.2 Å². The molecule has 0 saturated heterocycles. The Bertz CT molecular complexity index is 1090. The molecule has 0 aliphatic carbocycles. The zero-order valence-corrected chi connectivity index (χ0v) is 20.5. The minimum absolute atomic E-state index is 0.0839. The van der Waals surface area contributed by atoms with Crippen molar-refractivity contribution in [3.05, 3.63) is 82.6 Å². The van der Waals surface area contributed by atoms with Gasteiger partial charge in [0.25, 0.3) is 5.91 Å². The number of para-hydroxylation sites is 2. The zero-order valence-electron chi connectivity index (χ0n) is 19.7. The van der Waals surface area contributed by atoms with E-state index < -0.39 is 12.1 Å². The molecule has 1 N–H and O–H groups in total. The highest BCUT2D eigenvalue weighted by atomic mass is 32.1. The van der Waals surface area contributed by atoms with E-state index in [-0.39, 0.29) is 18.4 Å². The van der Waals surface area contributed by atoms with Crippen LogP contribution in [0.15, 0.2) is 72.1 Å². The van der Waals surface area contributed by atoms with Crippen LogP contribution in [0.1, 0.15) is 29.8 Å². The van der Waals surface area contributed by atoms with Crippen LogP contribution < -0.4 is 14.8 Å². The number of carbonyl (C=O) groups is 2. The molecule has 3 aromatic rings. The van der Waals surface area contributed by atoms with E-state index in [1.54, 1.807) is 17.0 Å². The highest BCUT2D eigenvalue weighted by Crippen LogP contribution is 2.33. The Morgan fingerprint density at radius 2 is 1.86 bits per heavy atom. The Kier molecular flexibility index (Phi) is 8.75. The standard InChI is InChI=1S/C27H30N2O5S/c1-2-32-16-9-15-29(27(31)23-19-33-21-12-6-7-13-22(21)34-23)25(24-14-8-17-35-24)26(30)28-18-20-10-4-3-5-11-20/h3-8,10-14,17,23,25H,2,9,15-16,18-19H2,1H3,(H,28,30)/t23-,25+/m1/s1. The van der Waals surface area contributed by atoms with Gasteiger partial charge in [-0.15, -0.1) is 11.3 Å². The van der Waals surface area contributed by atoms with Gasteiger partial charge in [0.15, 0.2) is 11.5 Å². The topological polar surface area (TPSA) is 77.1 Å². The van der Waals surface area contributed by atoms with Crippen LogP contribution in [0.5, 0.6) is 11.5 Å². The lowest BCUT2D eigenvalue weighted by Crippen LogP contribution is -2.51. The van der Waals surface area contributed by atoms with Crippen molar-refractivity contribution in [2.75, 3.05) is 26.4 Å². The summed E-state index contributed by atoms with van der Waals surface area (Å²) >= 11 is 1.45. The Hall–Kier alpha value is -3.36. The maximum Gasteiger partial charge on any atom is 0.268 e. The molecule has 0 radical (unpaired) electrons. The number of hydrogen-bond donors (Lipinski definition) is 1. The van der Waals surface area contributed by atoms with Crippen molar-refractivity contribution in [3.63, 3.8) is 0 Å². The summed E-state index contributed by atoms with van der Waals surface area (Å²) < 4.78 is 17.3. The minimum Gasteiger partial charge on any atom is -0.485 e. The van der Waals surface area contributed by atoms with Crippen molar-refractivity contribution in [3.8, 4) is 11.5 Å². The third kappa shape index (κ3) is 6.41. The van der Waals surface area contributed by atoms with Gasteiger partial charge in [-0.3, -0.25) is 9.59 Å². The quantitative estimate of drug-likeness (QED) is 0.404. The number of carbonyl (C=O) groups excluding carboxylic acids is 2. The van der Waals surface area contributed by atoms with Crippen molar-refractivity contribution in [2.45, 2.75) is 32.0 Å². The van der Waals surface area contributed by atoms with Crippen LogP contribution in [0.2, 0.25) is 0 Å². The zero-order chi connectivity index (χ0) is 24.5. The van der Waals surface area contributed by atoms with Crippen LogP contribution in [0.4, 0.5) is 0 Å². The largest absolute Gasteiger partial charge is 0.485 e. The number of nitrogens with zero attached hydrogens (tertiary/aromatic N) is 1. The first-order valence-corrected chi connectivity index (χ1v) is 12.7. The van der Waals surface area contributed by atoms with E-state index in [4.69, 9.17) is 14.2 Å². The Morgan fingerprint density at radius 1 is 1.09 bits per heavy atom. The average Bonchev–Trinajstić information content (AvgIpc) is 3.43. The summed E-state index contributed by atoms with van der Waals surface area (Å²) in [6.45, 7) is 3.82. The van der Waals surface area contributed by atoms with Gasteiger partial charge in [0.05, 0.1) is 0 Å². The van der Waals surface area contributed by atoms with Crippen molar-refractivity contribution in [1.29, 1.82) is 0 Å². The summed E-state index contributed by atoms with van der Waals surface area (Å²) in [4.78, 5) is 29.7. The highest BCUT2D eigenvalue weighted by Gasteiger charge is 2.38. The first-order chi connectivity index (χ1) is 17.2. The molecule has 4 rings (SSSR count). The molecule has 35 heavy (non-hydrogen) atoms. The smallest absolute Gasteiger partial charge is 0.268 e. The highest BCUT2D eigenvalue weighted by molar-refractivity contribution is 7.10. The van der Waals surface area contributed by atoms with Crippen LogP contribution in [-0.4, -0.2) is 49.2 Å². The first-order valence-electron chi connectivity index (χ1n) is 11.8. The van der Waals surface area contributed by atoms with Crippen LogP contribution >= 0.6 is 11.3 Å². The van der Waals surface area contributed by atoms with E-state index in [9.17, 15) is 9.59 Å². The van der Waals surface area contributed by atoms with Gasteiger partial charge >= 0.3 is 0 Å². The van der Waals surface area contributed by atoms with Gasteiger partial charge in [0.1, 0.15) is 12.6 Å². The Labute approximate surface area is 209 Å². The molecule has 2 aromatic carbocycles. The maximum absolute atomic E-state index is 13.8.